The molecule has 0 aliphatic rings. The number of esters is 1. The molecule has 29 heavy (non-hydrogen) atoms. The predicted molar refractivity (Wildman–Crippen MR) is 112 cm³/mol. The smallest absolute Gasteiger partial charge is 0.333 e. The van der Waals surface area contributed by atoms with Gasteiger partial charge in [0.05, 0.1) is 14.2 Å². The summed E-state index contributed by atoms with van der Waals surface area (Å²) in [4.78, 5) is 27.8. The number of anilines is 1. The highest BCUT2D eigenvalue weighted by Gasteiger charge is 2.34. The van der Waals surface area contributed by atoms with Gasteiger partial charge < -0.3 is 9.47 Å². The van der Waals surface area contributed by atoms with Crippen molar-refractivity contribution in [1.82, 2.24) is 0 Å². The molecule has 0 N–H and O–H groups in total. The Labute approximate surface area is 170 Å². The van der Waals surface area contributed by atoms with Crippen molar-refractivity contribution in [3.63, 3.8) is 0 Å². The monoisotopic (exact) mass is 389 g/mol. The Morgan fingerprint density at radius 3 is 2.00 bits per heavy atom. The lowest BCUT2D eigenvalue weighted by atomic mass is 10.0. The first kappa shape index (κ1) is 20.1. The van der Waals surface area contributed by atoms with Crippen LogP contribution in [0.3, 0.4) is 0 Å². The fraction of sp³-hybridized carbons (Fsp3) is 0.167. The highest BCUT2D eigenvalue weighted by molar-refractivity contribution is 6.09. The molecule has 3 aromatic rings. The van der Waals surface area contributed by atoms with Crippen LogP contribution in [0.4, 0.5) is 5.69 Å². The molecule has 0 aromatic heterocycles. The summed E-state index contributed by atoms with van der Waals surface area (Å²) >= 11 is 0. The Morgan fingerprint density at radius 2 is 1.45 bits per heavy atom. The van der Waals surface area contributed by atoms with Gasteiger partial charge in [0, 0.05) is 11.3 Å². The normalized spacial score (nSPS) is 11.4. The maximum absolute atomic E-state index is 13.5. The van der Waals surface area contributed by atoms with Crippen molar-refractivity contribution >= 4 is 17.6 Å². The van der Waals surface area contributed by atoms with Crippen LogP contribution in [0.2, 0.25) is 0 Å². The quantitative estimate of drug-likeness (QED) is 0.580. The van der Waals surface area contributed by atoms with Gasteiger partial charge in [0.2, 0.25) is 0 Å². The summed E-state index contributed by atoms with van der Waals surface area (Å²) in [5, 5.41) is 0. The summed E-state index contributed by atoms with van der Waals surface area (Å²) in [6, 6.07) is 22.4. The van der Waals surface area contributed by atoms with Crippen LogP contribution in [0.1, 0.15) is 27.5 Å². The third-order valence-corrected chi connectivity index (χ3v) is 4.67. The second-order valence-corrected chi connectivity index (χ2v) is 6.58. The molecule has 0 saturated heterocycles. The van der Waals surface area contributed by atoms with E-state index in [4.69, 9.17) is 9.47 Å². The number of hydrogen-bond donors (Lipinski definition) is 0. The molecule has 0 heterocycles. The standard InChI is InChI=1S/C24H23NO4/c1-17-9-11-18(12-10-17)22(24(27)29-3)25(20-13-15-21(28-2)16-14-20)23(26)19-7-5-4-6-8-19/h4-16,22H,1-3H3. The number of amides is 1. The van der Waals surface area contributed by atoms with Gasteiger partial charge in [-0.1, -0.05) is 48.0 Å². The van der Waals surface area contributed by atoms with Crippen LogP contribution in [-0.4, -0.2) is 26.1 Å². The van der Waals surface area contributed by atoms with E-state index in [2.05, 4.69) is 0 Å². The predicted octanol–water partition coefficient (Wildman–Crippen LogP) is 4.56. The summed E-state index contributed by atoms with van der Waals surface area (Å²) in [7, 11) is 2.90. The molecule has 0 aliphatic carbocycles. The largest absolute Gasteiger partial charge is 0.497 e. The van der Waals surface area contributed by atoms with Crippen LogP contribution in [0.25, 0.3) is 0 Å². The van der Waals surface area contributed by atoms with Crippen LogP contribution in [0.15, 0.2) is 78.9 Å². The molecule has 3 rings (SSSR count). The van der Waals surface area contributed by atoms with Gasteiger partial charge in [-0.05, 0) is 48.9 Å². The van der Waals surface area contributed by atoms with E-state index < -0.39 is 12.0 Å². The van der Waals surface area contributed by atoms with Gasteiger partial charge in [0.15, 0.2) is 6.04 Å². The summed E-state index contributed by atoms with van der Waals surface area (Å²) in [6.45, 7) is 1.97. The van der Waals surface area contributed by atoms with Crippen LogP contribution in [0, 0.1) is 6.92 Å². The van der Waals surface area contributed by atoms with E-state index in [1.807, 2.05) is 37.3 Å². The van der Waals surface area contributed by atoms with Gasteiger partial charge in [0.1, 0.15) is 5.75 Å². The number of rotatable bonds is 6. The van der Waals surface area contributed by atoms with Crippen molar-refractivity contribution in [1.29, 1.82) is 0 Å². The van der Waals surface area contributed by atoms with E-state index in [1.165, 1.54) is 12.0 Å². The van der Waals surface area contributed by atoms with Gasteiger partial charge in [0.25, 0.3) is 5.91 Å². The molecule has 0 fully saturated rings. The highest BCUT2D eigenvalue weighted by atomic mass is 16.5. The maximum Gasteiger partial charge on any atom is 0.333 e. The zero-order chi connectivity index (χ0) is 20.8. The molecule has 148 valence electrons. The molecule has 3 aromatic carbocycles. The van der Waals surface area contributed by atoms with Crippen molar-refractivity contribution in [2.45, 2.75) is 13.0 Å². The maximum atomic E-state index is 13.5. The fourth-order valence-corrected chi connectivity index (χ4v) is 3.10. The summed E-state index contributed by atoms with van der Waals surface area (Å²) in [5.74, 6) is -0.161. The topological polar surface area (TPSA) is 55.8 Å². The SMILES string of the molecule is COC(=O)C(c1ccc(C)cc1)N(C(=O)c1ccccc1)c1ccc(OC)cc1. The van der Waals surface area contributed by atoms with Crippen molar-refractivity contribution < 1.29 is 19.1 Å². The molecule has 0 radical (unpaired) electrons. The molecule has 1 amide bonds. The lowest BCUT2D eigenvalue weighted by molar-refractivity contribution is -0.142. The Balaban J connectivity index is 2.15. The summed E-state index contributed by atoms with van der Waals surface area (Å²) in [5.41, 5.74) is 2.77. The molecule has 0 bridgehead atoms. The molecule has 1 unspecified atom stereocenters. The van der Waals surface area contributed by atoms with Crippen molar-refractivity contribution in [3.8, 4) is 5.75 Å². The minimum atomic E-state index is -0.929. The molecule has 0 aliphatic heterocycles. The van der Waals surface area contributed by atoms with Crippen LogP contribution >= 0.6 is 0 Å². The number of aryl methyl sites for hydroxylation is 1. The average Bonchev–Trinajstić information content (AvgIpc) is 2.78. The van der Waals surface area contributed by atoms with E-state index in [1.54, 1.807) is 55.6 Å². The number of benzene rings is 3. The molecule has 0 saturated carbocycles. The first-order valence-electron chi connectivity index (χ1n) is 9.22. The van der Waals surface area contributed by atoms with Crippen LogP contribution in [-0.2, 0) is 9.53 Å². The third-order valence-electron chi connectivity index (χ3n) is 4.67. The van der Waals surface area contributed by atoms with E-state index >= 15 is 0 Å². The Bertz CT molecular complexity index is 966. The van der Waals surface area contributed by atoms with E-state index in [-0.39, 0.29) is 5.91 Å². The number of hydrogen-bond acceptors (Lipinski definition) is 4. The van der Waals surface area contributed by atoms with Gasteiger partial charge in [-0.2, -0.15) is 0 Å². The van der Waals surface area contributed by atoms with Gasteiger partial charge in [-0.15, -0.1) is 0 Å². The molecule has 1 atom stereocenters. The van der Waals surface area contributed by atoms with Gasteiger partial charge >= 0.3 is 5.97 Å². The fourth-order valence-electron chi connectivity index (χ4n) is 3.10. The molecular formula is C24H23NO4. The van der Waals surface area contributed by atoms with Gasteiger partial charge in [-0.25, -0.2) is 4.79 Å². The third kappa shape index (κ3) is 4.46. The van der Waals surface area contributed by atoms with Crippen molar-refractivity contribution in [2.75, 3.05) is 19.1 Å². The number of ether oxygens (including phenoxy) is 2. The minimum Gasteiger partial charge on any atom is -0.497 e. The summed E-state index contributed by atoms with van der Waals surface area (Å²) in [6.07, 6.45) is 0. The number of carbonyl (C=O) groups excluding carboxylic acids is 2. The average molecular weight is 389 g/mol. The first-order valence-corrected chi connectivity index (χ1v) is 9.22. The number of carbonyl (C=O) groups is 2. The number of nitrogens with zero attached hydrogens (tertiary/aromatic N) is 1. The molecule has 5 nitrogen and oxygen atoms in total. The van der Waals surface area contributed by atoms with Crippen molar-refractivity contribution in [2.24, 2.45) is 0 Å². The molecule has 5 heteroatoms. The van der Waals surface area contributed by atoms with Crippen LogP contribution < -0.4 is 9.64 Å². The Kier molecular flexibility index (Phi) is 6.29. The Hall–Kier alpha value is -3.60. The van der Waals surface area contributed by atoms with E-state index in [0.29, 0.717) is 22.6 Å². The summed E-state index contributed by atoms with van der Waals surface area (Å²) < 4.78 is 10.3. The molecule has 0 spiro atoms. The Morgan fingerprint density at radius 1 is 0.828 bits per heavy atom. The van der Waals surface area contributed by atoms with Crippen molar-refractivity contribution in [3.05, 3.63) is 95.6 Å². The zero-order valence-electron chi connectivity index (χ0n) is 16.7. The van der Waals surface area contributed by atoms with Gasteiger partial charge in [-0.3, -0.25) is 9.69 Å². The van der Waals surface area contributed by atoms with Crippen LogP contribution in [0.5, 0.6) is 5.75 Å². The lowest BCUT2D eigenvalue weighted by Crippen LogP contribution is -2.39. The second-order valence-electron chi connectivity index (χ2n) is 6.58. The number of methoxy groups -OCH3 is 2. The lowest BCUT2D eigenvalue weighted by Gasteiger charge is -2.30. The minimum absolute atomic E-state index is 0.299. The molecular weight excluding hydrogens is 366 g/mol. The first-order chi connectivity index (χ1) is 14.0. The second kappa shape index (κ2) is 9.06. The van der Waals surface area contributed by atoms with E-state index in [9.17, 15) is 9.59 Å². The highest BCUT2D eigenvalue weighted by Crippen LogP contribution is 2.31. The zero-order valence-corrected chi connectivity index (χ0v) is 16.7. The van der Waals surface area contributed by atoms with E-state index in [0.717, 1.165) is 5.56 Å².